The van der Waals surface area contributed by atoms with Crippen molar-refractivity contribution in [2.75, 3.05) is 6.54 Å². The second kappa shape index (κ2) is 8.48. The average Bonchev–Trinajstić information content (AvgIpc) is 3.06. The first kappa shape index (κ1) is 17.9. The number of rotatable bonds is 7. The van der Waals surface area contributed by atoms with Gasteiger partial charge >= 0.3 is 0 Å². The van der Waals surface area contributed by atoms with Gasteiger partial charge < -0.3 is 9.32 Å². The number of aryl methyl sites for hydroxylation is 2. The molecule has 0 spiro atoms. The van der Waals surface area contributed by atoms with E-state index in [2.05, 4.69) is 4.98 Å². The normalized spacial score (nSPS) is 10.7. The third-order valence-electron chi connectivity index (χ3n) is 4.44. The van der Waals surface area contributed by atoms with Gasteiger partial charge in [0.1, 0.15) is 5.76 Å². The lowest BCUT2D eigenvalue weighted by atomic mass is 10.1. The van der Waals surface area contributed by atoms with Gasteiger partial charge in [0.15, 0.2) is 0 Å². The molecule has 3 rings (SSSR count). The van der Waals surface area contributed by atoms with E-state index in [1.807, 2.05) is 79.4 Å². The van der Waals surface area contributed by atoms with E-state index in [1.54, 1.807) is 0 Å². The summed E-state index contributed by atoms with van der Waals surface area (Å²) in [5.41, 5.74) is 2.95. The Bertz CT molecular complexity index is 841. The minimum Gasteiger partial charge on any atom is -0.441 e. The maximum absolute atomic E-state index is 12.6. The Kier molecular flexibility index (Phi) is 5.84. The van der Waals surface area contributed by atoms with Gasteiger partial charge in [-0.1, -0.05) is 48.5 Å². The lowest BCUT2D eigenvalue weighted by molar-refractivity contribution is -0.131. The van der Waals surface area contributed by atoms with Crippen LogP contribution in [0.2, 0.25) is 0 Å². The molecule has 2 aromatic carbocycles. The van der Waals surface area contributed by atoms with Gasteiger partial charge in [0.25, 0.3) is 0 Å². The predicted molar refractivity (Wildman–Crippen MR) is 103 cm³/mol. The van der Waals surface area contributed by atoms with Gasteiger partial charge in [-0.3, -0.25) is 4.79 Å². The Labute approximate surface area is 154 Å². The summed E-state index contributed by atoms with van der Waals surface area (Å²) in [7, 11) is 0. The molecule has 0 aliphatic heterocycles. The highest BCUT2D eigenvalue weighted by molar-refractivity contribution is 5.76. The van der Waals surface area contributed by atoms with Gasteiger partial charge in [0, 0.05) is 31.5 Å². The lowest BCUT2D eigenvalue weighted by Gasteiger charge is -2.21. The molecule has 4 heteroatoms. The topological polar surface area (TPSA) is 46.3 Å². The van der Waals surface area contributed by atoms with Crippen molar-refractivity contribution in [2.45, 2.75) is 33.2 Å². The molecule has 3 aromatic rings. The second-order valence-corrected chi connectivity index (χ2v) is 6.28. The Morgan fingerprint density at radius 1 is 1.04 bits per heavy atom. The van der Waals surface area contributed by atoms with Gasteiger partial charge in [-0.2, -0.15) is 0 Å². The van der Waals surface area contributed by atoms with E-state index in [-0.39, 0.29) is 5.91 Å². The molecule has 26 heavy (non-hydrogen) atoms. The van der Waals surface area contributed by atoms with Crippen LogP contribution in [0.4, 0.5) is 0 Å². The van der Waals surface area contributed by atoms with Gasteiger partial charge in [-0.25, -0.2) is 4.98 Å². The molecule has 134 valence electrons. The maximum Gasteiger partial charge on any atom is 0.226 e. The average molecular weight is 348 g/mol. The van der Waals surface area contributed by atoms with Crippen molar-refractivity contribution in [2.24, 2.45) is 0 Å². The van der Waals surface area contributed by atoms with Crippen LogP contribution in [0.25, 0.3) is 11.5 Å². The first-order chi connectivity index (χ1) is 12.7. The monoisotopic (exact) mass is 348 g/mol. The Balaban J connectivity index is 1.63. The molecule has 1 aromatic heterocycles. The van der Waals surface area contributed by atoms with Gasteiger partial charge in [-0.05, 0) is 31.5 Å². The molecule has 0 bridgehead atoms. The van der Waals surface area contributed by atoms with Crippen LogP contribution in [0.15, 0.2) is 65.1 Å². The summed E-state index contributed by atoms with van der Waals surface area (Å²) in [6.07, 6.45) is 1.02. The van der Waals surface area contributed by atoms with Crippen LogP contribution >= 0.6 is 0 Å². The summed E-state index contributed by atoms with van der Waals surface area (Å²) in [5, 5.41) is 0. The van der Waals surface area contributed by atoms with E-state index in [9.17, 15) is 4.79 Å². The van der Waals surface area contributed by atoms with Crippen molar-refractivity contribution in [1.29, 1.82) is 0 Å². The van der Waals surface area contributed by atoms with Crippen molar-refractivity contribution in [3.63, 3.8) is 0 Å². The fourth-order valence-electron chi connectivity index (χ4n) is 2.93. The van der Waals surface area contributed by atoms with E-state index >= 15 is 0 Å². The minimum absolute atomic E-state index is 0.139. The fraction of sp³-hybridized carbons (Fsp3) is 0.273. The van der Waals surface area contributed by atoms with Crippen LogP contribution in [0.5, 0.6) is 0 Å². The van der Waals surface area contributed by atoms with E-state index < -0.39 is 0 Å². The summed E-state index contributed by atoms with van der Waals surface area (Å²) >= 11 is 0. The van der Waals surface area contributed by atoms with Crippen molar-refractivity contribution in [3.05, 3.63) is 77.7 Å². The first-order valence-corrected chi connectivity index (χ1v) is 9.00. The zero-order chi connectivity index (χ0) is 18.4. The third-order valence-corrected chi connectivity index (χ3v) is 4.44. The SMILES string of the molecule is CCN(Cc1ccccc1)C(=O)CCc1nc(-c2ccccc2)oc1C. The van der Waals surface area contributed by atoms with Crippen LogP contribution in [0, 0.1) is 6.92 Å². The molecule has 0 N–H and O–H groups in total. The van der Waals surface area contributed by atoms with Gasteiger partial charge in [0.05, 0.1) is 5.69 Å². The highest BCUT2D eigenvalue weighted by atomic mass is 16.4. The summed E-state index contributed by atoms with van der Waals surface area (Å²) in [6, 6.07) is 19.9. The van der Waals surface area contributed by atoms with E-state index in [0.29, 0.717) is 31.8 Å². The van der Waals surface area contributed by atoms with Crippen LogP contribution in [-0.4, -0.2) is 22.3 Å². The second-order valence-electron chi connectivity index (χ2n) is 6.28. The summed E-state index contributed by atoms with van der Waals surface area (Å²) in [5.74, 6) is 1.53. The highest BCUT2D eigenvalue weighted by Gasteiger charge is 2.16. The Hall–Kier alpha value is -2.88. The number of nitrogens with zero attached hydrogens (tertiary/aromatic N) is 2. The number of benzene rings is 2. The molecule has 0 aliphatic rings. The summed E-state index contributed by atoms with van der Waals surface area (Å²) in [4.78, 5) is 19.1. The molecule has 0 atom stereocenters. The molecular weight excluding hydrogens is 324 g/mol. The molecule has 0 unspecified atom stereocenters. The predicted octanol–water partition coefficient (Wildman–Crippen LogP) is 4.63. The maximum atomic E-state index is 12.6. The molecule has 1 amide bonds. The zero-order valence-electron chi connectivity index (χ0n) is 15.3. The van der Waals surface area contributed by atoms with E-state index in [4.69, 9.17) is 4.42 Å². The van der Waals surface area contributed by atoms with Gasteiger partial charge in [-0.15, -0.1) is 0 Å². The van der Waals surface area contributed by atoms with Crippen molar-refractivity contribution < 1.29 is 9.21 Å². The Morgan fingerprint density at radius 3 is 2.35 bits per heavy atom. The smallest absolute Gasteiger partial charge is 0.226 e. The summed E-state index contributed by atoms with van der Waals surface area (Å²) < 4.78 is 5.78. The third kappa shape index (κ3) is 4.39. The number of carbonyl (C=O) groups excluding carboxylic acids is 1. The van der Waals surface area contributed by atoms with Crippen LogP contribution in [0.3, 0.4) is 0 Å². The molecule has 0 saturated heterocycles. The molecule has 0 aliphatic carbocycles. The van der Waals surface area contributed by atoms with Crippen molar-refractivity contribution in [3.8, 4) is 11.5 Å². The van der Waals surface area contributed by atoms with E-state index in [1.165, 1.54) is 0 Å². The summed E-state index contributed by atoms with van der Waals surface area (Å²) in [6.45, 7) is 5.25. The highest BCUT2D eigenvalue weighted by Crippen LogP contribution is 2.22. The Morgan fingerprint density at radius 2 is 1.69 bits per heavy atom. The number of oxazole rings is 1. The number of hydrogen-bond donors (Lipinski definition) is 0. The molecular formula is C22H24N2O2. The number of aromatic nitrogens is 1. The standard InChI is InChI=1S/C22H24N2O2/c1-3-24(16-18-10-6-4-7-11-18)21(25)15-14-20-17(2)26-22(23-20)19-12-8-5-9-13-19/h4-13H,3,14-16H2,1-2H3. The minimum atomic E-state index is 0.139. The lowest BCUT2D eigenvalue weighted by Crippen LogP contribution is -2.30. The zero-order valence-corrected chi connectivity index (χ0v) is 15.3. The van der Waals surface area contributed by atoms with Crippen LogP contribution < -0.4 is 0 Å². The molecule has 4 nitrogen and oxygen atoms in total. The first-order valence-electron chi connectivity index (χ1n) is 9.00. The fourth-order valence-corrected chi connectivity index (χ4v) is 2.93. The quantitative estimate of drug-likeness (QED) is 0.625. The largest absolute Gasteiger partial charge is 0.441 e. The molecule has 0 saturated carbocycles. The number of carbonyl (C=O) groups is 1. The number of hydrogen-bond acceptors (Lipinski definition) is 3. The molecule has 0 fully saturated rings. The molecule has 0 radical (unpaired) electrons. The van der Waals surface area contributed by atoms with Crippen LogP contribution in [0.1, 0.15) is 30.4 Å². The van der Waals surface area contributed by atoms with E-state index in [0.717, 1.165) is 22.6 Å². The number of amides is 1. The van der Waals surface area contributed by atoms with Crippen molar-refractivity contribution >= 4 is 5.91 Å². The van der Waals surface area contributed by atoms with Crippen molar-refractivity contribution in [1.82, 2.24) is 9.88 Å². The molecule has 1 heterocycles. The van der Waals surface area contributed by atoms with Crippen LogP contribution in [-0.2, 0) is 17.8 Å². The van der Waals surface area contributed by atoms with Gasteiger partial charge in [0.2, 0.25) is 11.8 Å².